The molecule has 2 heteroatoms. The first-order chi connectivity index (χ1) is 8.92. The van der Waals surface area contributed by atoms with Gasteiger partial charge in [0.2, 0.25) is 0 Å². The molecule has 1 fully saturated rings. The van der Waals surface area contributed by atoms with Crippen molar-refractivity contribution in [2.75, 3.05) is 6.54 Å². The Bertz CT molecular complexity index is 495. The van der Waals surface area contributed by atoms with Gasteiger partial charge >= 0.3 is 0 Å². The Morgan fingerprint density at radius 2 is 2.00 bits per heavy atom. The van der Waals surface area contributed by atoms with E-state index in [1.165, 1.54) is 55.1 Å². The summed E-state index contributed by atoms with van der Waals surface area (Å²) in [6.45, 7) is 2.18. The second kappa shape index (κ2) is 5.57. The van der Waals surface area contributed by atoms with Crippen molar-refractivity contribution < 1.29 is 0 Å². The summed E-state index contributed by atoms with van der Waals surface area (Å²) < 4.78 is 0. The second-order valence-corrected chi connectivity index (χ2v) is 5.53. The molecule has 2 aromatic rings. The van der Waals surface area contributed by atoms with Gasteiger partial charge in [-0.2, -0.15) is 0 Å². The van der Waals surface area contributed by atoms with E-state index in [0.29, 0.717) is 0 Å². The number of H-pyrrole nitrogens is 1. The fraction of sp³-hybridized carbons (Fsp3) is 0.500. The zero-order valence-electron chi connectivity index (χ0n) is 10.9. The normalized spacial score (nSPS) is 17.3. The summed E-state index contributed by atoms with van der Waals surface area (Å²) >= 11 is 0. The minimum atomic E-state index is 0.912. The Hall–Kier alpha value is -1.28. The fourth-order valence-corrected chi connectivity index (χ4v) is 3.02. The average molecular weight is 242 g/mol. The van der Waals surface area contributed by atoms with Gasteiger partial charge < -0.3 is 10.3 Å². The zero-order valence-corrected chi connectivity index (χ0v) is 10.9. The maximum absolute atomic E-state index is 3.62. The molecule has 0 spiro atoms. The van der Waals surface area contributed by atoms with Crippen LogP contribution in [-0.4, -0.2) is 11.5 Å². The van der Waals surface area contributed by atoms with Crippen LogP contribution >= 0.6 is 0 Å². The monoisotopic (exact) mass is 242 g/mol. The molecule has 96 valence electrons. The lowest BCUT2D eigenvalue weighted by molar-refractivity contribution is 0.342. The van der Waals surface area contributed by atoms with Crippen LogP contribution in [0.3, 0.4) is 0 Å². The van der Waals surface area contributed by atoms with Crippen molar-refractivity contribution in [3.05, 3.63) is 36.0 Å². The van der Waals surface area contributed by atoms with Crippen LogP contribution in [0.15, 0.2) is 30.5 Å². The van der Waals surface area contributed by atoms with Crippen molar-refractivity contribution in [2.45, 2.75) is 38.6 Å². The Balaban J connectivity index is 1.52. The number of hydrogen-bond acceptors (Lipinski definition) is 1. The molecule has 18 heavy (non-hydrogen) atoms. The number of nitrogens with one attached hydrogen (secondary N) is 2. The van der Waals surface area contributed by atoms with E-state index >= 15 is 0 Å². The van der Waals surface area contributed by atoms with Crippen LogP contribution in [0.5, 0.6) is 0 Å². The van der Waals surface area contributed by atoms with Crippen LogP contribution in [-0.2, 0) is 6.54 Å². The first-order valence-corrected chi connectivity index (χ1v) is 7.18. The molecule has 1 saturated carbocycles. The number of hydrogen-bond donors (Lipinski definition) is 2. The van der Waals surface area contributed by atoms with Gasteiger partial charge in [0.25, 0.3) is 0 Å². The molecule has 0 bridgehead atoms. The van der Waals surface area contributed by atoms with E-state index < -0.39 is 0 Å². The Morgan fingerprint density at radius 3 is 2.89 bits per heavy atom. The standard InChI is InChI=1S/C16H22N2/c1-2-4-13(5-3-1)11-17-12-14-6-7-16-15(10-14)8-9-18-16/h6-10,13,17-18H,1-5,11-12H2. The SMILES string of the molecule is c1cc2cc(CNCC3CCCCC3)ccc2[nH]1. The summed E-state index contributed by atoms with van der Waals surface area (Å²) in [6.07, 6.45) is 9.15. The molecule has 0 unspecified atom stereocenters. The van der Waals surface area contributed by atoms with Crippen LogP contribution in [0.25, 0.3) is 10.9 Å². The molecule has 0 radical (unpaired) electrons. The highest BCUT2D eigenvalue weighted by Crippen LogP contribution is 2.23. The Kier molecular flexibility index (Phi) is 3.65. The molecule has 1 aliphatic rings. The van der Waals surface area contributed by atoms with Gasteiger partial charge in [-0.1, -0.05) is 25.3 Å². The lowest BCUT2D eigenvalue weighted by Crippen LogP contribution is -2.24. The first-order valence-electron chi connectivity index (χ1n) is 7.18. The molecular weight excluding hydrogens is 220 g/mol. The Morgan fingerprint density at radius 1 is 1.11 bits per heavy atom. The molecule has 2 N–H and O–H groups in total. The molecule has 0 aliphatic heterocycles. The molecule has 0 saturated heterocycles. The van der Waals surface area contributed by atoms with Crippen LogP contribution in [0.1, 0.15) is 37.7 Å². The molecule has 2 nitrogen and oxygen atoms in total. The quantitative estimate of drug-likeness (QED) is 0.837. The zero-order chi connectivity index (χ0) is 12.2. The van der Waals surface area contributed by atoms with Gasteiger partial charge in [-0.3, -0.25) is 0 Å². The summed E-state index contributed by atoms with van der Waals surface area (Å²) in [5.74, 6) is 0.912. The van der Waals surface area contributed by atoms with Gasteiger partial charge in [0.15, 0.2) is 0 Å². The van der Waals surface area contributed by atoms with E-state index in [0.717, 1.165) is 12.5 Å². The van der Waals surface area contributed by atoms with Crippen LogP contribution in [0.2, 0.25) is 0 Å². The number of fused-ring (bicyclic) bond motifs is 1. The summed E-state index contributed by atoms with van der Waals surface area (Å²) in [5, 5.41) is 4.93. The number of rotatable bonds is 4. The summed E-state index contributed by atoms with van der Waals surface area (Å²) in [5.41, 5.74) is 2.61. The minimum absolute atomic E-state index is 0.912. The van der Waals surface area contributed by atoms with E-state index in [1.54, 1.807) is 0 Å². The molecule has 0 amide bonds. The molecule has 3 rings (SSSR count). The molecule has 1 aliphatic carbocycles. The van der Waals surface area contributed by atoms with Crippen LogP contribution < -0.4 is 5.32 Å². The summed E-state index contributed by atoms with van der Waals surface area (Å²) in [4.78, 5) is 3.23. The maximum Gasteiger partial charge on any atom is 0.0454 e. The summed E-state index contributed by atoms with van der Waals surface area (Å²) in [6, 6.07) is 8.80. The molecule has 1 aromatic heterocycles. The highest BCUT2D eigenvalue weighted by atomic mass is 14.9. The van der Waals surface area contributed by atoms with Crippen LogP contribution in [0, 0.1) is 5.92 Å². The van der Waals surface area contributed by atoms with Gasteiger partial charge in [0.05, 0.1) is 0 Å². The van der Waals surface area contributed by atoms with Crippen molar-refractivity contribution in [3.8, 4) is 0 Å². The van der Waals surface area contributed by atoms with Crippen molar-refractivity contribution in [3.63, 3.8) is 0 Å². The van der Waals surface area contributed by atoms with Crippen molar-refractivity contribution in [1.82, 2.24) is 10.3 Å². The third-order valence-corrected chi connectivity index (χ3v) is 4.10. The molecular formula is C16H22N2. The average Bonchev–Trinajstić information content (AvgIpc) is 2.87. The minimum Gasteiger partial charge on any atom is -0.361 e. The van der Waals surface area contributed by atoms with Crippen molar-refractivity contribution in [2.24, 2.45) is 5.92 Å². The fourth-order valence-electron chi connectivity index (χ4n) is 3.02. The van der Waals surface area contributed by atoms with Crippen molar-refractivity contribution in [1.29, 1.82) is 0 Å². The maximum atomic E-state index is 3.62. The lowest BCUT2D eigenvalue weighted by atomic mass is 9.89. The number of aromatic amines is 1. The Labute approximate surface area is 109 Å². The summed E-state index contributed by atoms with van der Waals surface area (Å²) in [7, 11) is 0. The second-order valence-electron chi connectivity index (χ2n) is 5.53. The number of aromatic nitrogens is 1. The highest BCUT2D eigenvalue weighted by Gasteiger charge is 2.12. The van der Waals surface area contributed by atoms with E-state index in [-0.39, 0.29) is 0 Å². The molecule has 1 heterocycles. The van der Waals surface area contributed by atoms with Gasteiger partial charge in [-0.15, -0.1) is 0 Å². The van der Waals surface area contributed by atoms with Crippen molar-refractivity contribution >= 4 is 10.9 Å². The smallest absolute Gasteiger partial charge is 0.0454 e. The molecule has 0 atom stereocenters. The third-order valence-electron chi connectivity index (χ3n) is 4.10. The molecule has 1 aromatic carbocycles. The van der Waals surface area contributed by atoms with E-state index in [9.17, 15) is 0 Å². The van der Waals surface area contributed by atoms with E-state index in [1.807, 2.05) is 6.20 Å². The van der Waals surface area contributed by atoms with Gasteiger partial charge in [0.1, 0.15) is 0 Å². The van der Waals surface area contributed by atoms with E-state index in [2.05, 4.69) is 34.6 Å². The third kappa shape index (κ3) is 2.75. The predicted molar refractivity (Wildman–Crippen MR) is 76.6 cm³/mol. The van der Waals surface area contributed by atoms with Gasteiger partial charge in [-0.25, -0.2) is 0 Å². The predicted octanol–water partition coefficient (Wildman–Crippen LogP) is 3.84. The topological polar surface area (TPSA) is 27.8 Å². The highest BCUT2D eigenvalue weighted by molar-refractivity contribution is 5.79. The largest absolute Gasteiger partial charge is 0.361 e. The van der Waals surface area contributed by atoms with Gasteiger partial charge in [0, 0.05) is 18.3 Å². The number of benzene rings is 1. The lowest BCUT2D eigenvalue weighted by Gasteiger charge is -2.21. The first kappa shape index (κ1) is 11.8. The van der Waals surface area contributed by atoms with Crippen LogP contribution in [0.4, 0.5) is 0 Å². The van der Waals surface area contributed by atoms with Gasteiger partial charge in [-0.05, 0) is 54.5 Å². The van der Waals surface area contributed by atoms with E-state index in [4.69, 9.17) is 0 Å².